The summed E-state index contributed by atoms with van der Waals surface area (Å²) in [5.41, 5.74) is 6.06. The van der Waals surface area contributed by atoms with E-state index in [0.717, 1.165) is 0 Å². The van der Waals surface area contributed by atoms with E-state index in [2.05, 4.69) is 0 Å². The molecule has 0 amide bonds. The Labute approximate surface area is 94.8 Å². The molecule has 1 aromatic carbocycles. The number of aliphatic hydroxyl groups is 1. The van der Waals surface area contributed by atoms with Gasteiger partial charge in [-0.05, 0) is 31.5 Å². The summed E-state index contributed by atoms with van der Waals surface area (Å²) in [4.78, 5) is 0. The first kappa shape index (κ1) is 12.3. The Kier molecular flexibility index (Phi) is 4.39. The second-order valence-corrected chi connectivity index (χ2v) is 4.02. The van der Waals surface area contributed by atoms with E-state index in [9.17, 15) is 5.11 Å². The number of halogens is 1. The smallest absolute Gasteiger partial charge is 0.138 e. The molecule has 0 aromatic heterocycles. The highest BCUT2D eigenvalue weighted by Crippen LogP contribution is 2.28. The molecule has 0 heterocycles. The van der Waals surface area contributed by atoms with E-state index in [0.29, 0.717) is 16.3 Å². The van der Waals surface area contributed by atoms with Crippen LogP contribution in [0.2, 0.25) is 5.02 Å². The van der Waals surface area contributed by atoms with Gasteiger partial charge in [-0.2, -0.15) is 0 Å². The van der Waals surface area contributed by atoms with Gasteiger partial charge in [-0.1, -0.05) is 17.7 Å². The van der Waals surface area contributed by atoms with Crippen LogP contribution >= 0.6 is 11.6 Å². The van der Waals surface area contributed by atoms with Gasteiger partial charge in [-0.25, -0.2) is 0 Å². The highest BCUT2D eigenvalue weighted by molar-refractivity contribution is 6.32. The normalized spacial score (nSPS) is 12.9. The molecule has 1 rings (SSSR count). The molecule has 0 saturated carbocycles. The number of hydrogen-bond donors (Lipinski definition) is 2. The van der Waals surface area contributed by atoms with Crippen LogP contribution in [0.4, 0.5) is 0 Å². The van der Waals surface area contributed by atoms with Crippen molar-refractivity contribution in [2.75, 3.05) is 6.54 Å². The van der Waals surface area contributed by atoms with E-state index in [1.807, 2.05) is 13.8 Å². The molecule has 3 nitrogen and oxygen atoms in total. The predicted molar refractivity (Wildman–Crippen MR) is 61.2 cm³/mol. The van der Waals surface area contributed by atoms with E-state index in [1.165, 1.54) is 0 Å². The number of benzene rings is 1. The molecule has 0 radical (unpaired) electrons. The summed E-state index contributed by atoms with van der Waals surface area (Å²) in [6, 6.07) is 5.19. The predicted octanol–water partition coefficient (Wildman–Crippen LogP) is 2.12. The van der Waals surface area contributed by atoms with E-state index in [-0.39, 0.29) is 12.6 Å². The van der Waals surface area contributed by atoms with Gasteiger partial charge in [0.2, 0.25) is 0 Å². The highest BCUT2D eigenvalue weighted by atomic mass is 35.5. The molecule has 0 fully saturated rings. The van der Waals surface area contributed by atoms with Crippen molar-refractivity contribution in [3.8, 4) is 5.75 Å². The molecule has 0 saturated heterocycles. The van der Waals surface area contributed by atoms with Crippen LogP contribution < -0.4 is 10.5 Å². The fourth-order valence-electron chi connectivity index (χ4n) is 1.21. The molecule has 1 aromatic rings. The lowest BCUT2D eigenvalue weighted by atomic mass is 10.1. The maximum Gasteiger partial charge on any atom is 0.138 e. The number of aliphatic hydroxyl groups excluding tert-OH is 1. The van der Waals surface area contributed by atoms with Gasteiger partial charge in [0.25, 0.3) is 0 Å². The second kappa shape index (κ2) is 5.35. The molecular formula is C11H16ClNO2. The summed E-state index contributed by atoms with van der Waals surface area (Å²) in [6.45, 7) is 4.04. The Morgan fingerprint density at radius 1 is 1.47 bits per heavy atom. The Morgan fingerprint density at radius 3 is 2.60 bits per heavy atom. The van der Waals surface area contributed by atoms with Gasteiger partial charge >= 0.3 is 0 Å². The molecule has 0 aliphatic rings. The van der Waals surface area contributed by atoms with Crippen molar-refractivity contribution < 1.29 is 9.84 Å². The lowest BCUT2D eigenvalue weighted by molar-refractivity contribution is 0.186. The lowest BCUT2D eigenvalue weighted by Crippen LogP contribution is -2.12. The first-order valence-corrected chi connectivity index (χ1v) is 5.26. The molecule has 15 heavy (non-hydrogen) atoms. The molecule has 84 valence electrons. The summed E-state index contributed by atoms with van der Waals surface area (Å²) in [7, 11) is 0. The van der Waals surface area contributed by atoms with Crippen LogP contribution in [0.1, 0.15) is 25.5 Å². The van der Waals surface area contributed by atoms with Gasteiger partial charge in [0.05, 0.1) is 17.2 Å². The first-order valence-electron chi connectivity index (χ1n) is 4.88. The Morgan fingerprint density at radius 2 is 2.13 bits per heavy atom. The van der Waals surface area contributed by atoms with Crippen molar-refractivity contribution in [1.82, 2.24) is 0 Å². The molecule has 1 atom stereocenters. The van der Waals surface area contributed by atoms with Crippen LogP contribution in [0.15, 0.2) is 18.2 Å². The third-order valence-corrected chi connectivity index (χ3v) is 2.22. The summed E-state index contributed by atoms with van der Waals surface area (Å²) >= 11 is 6.00. The number of ether oxygens (including phenoxy) is 1. The molecule has 0 bridgehead atoms. The summed E-state index contributed by atoms with van der Waals surface area (Å²) in [5.74, 6) is 0.625. The van der Waals surface area contributed by atoms with Gasteiger partial charge in [0.15, 0.2) is 0 Å². The maximum atomic E-state index is 9.50. The van der Waals surface area contributed by atoms with Gasteiger partial charge in [0.1, 0.15) is 5.75 Å². The first-order chi connectivity index (χ1) is 7.04. The van der Waals surface area contributed by atoms with Gasteiger partial charge in [0, 0.05) is 6.54 Å². The molecule has 1 unspecified atom stereocenters. The molecule has 0 aliphatic heterocycles. The third-order valence-electron chi connectivity index (χ3n) is 1.93. The number of nitrogens with two attached hydrogens (primary N) is 1. The highest BCUT2D eigenvalue weighted by Gasteiger charge is 2.09. The molecule has 0 aliphatic carbocycles. The SMILES string of the molecule is CC(C)Oc1ccc(C(O)CN)cc1Cl. The minimum atomic E-state index is -0.671. The number of hydrogen-bond acceptors (Lipinski definition) is 3. The van der Waals surface area contributed by atoms with Crippen LogP contribution in [0, 0.1) is 0 Å². The van der Waals surface area contributed by atoms with Crippen molar-refractivity contribution in [1.29, 1.82) is 0 Å². The average Bonchev–Trinajstić information content (AvgIpc) is 2.19. The van der Waals surface area contributed by atoms with Crippen molar-refractivity contribution in [2.45, 2.75) is 26.1 Å². The van der Waals surface area contributed by atoms with Crippen molar-refractivity contribution in [3.63, 3.8) is 0 Å². The van der Waals surface area contributed by atoms with Crippen molar-refractivity contribution in [3.05, 3.63) is 28.8 Å². The summed E-state index contributed by atoms with van der Waals surface area (Å²) in [6.07, 6.45) is -0.594. The minimum absolute atomic E-state index is 0.0766. The van der Waals surface area contributed by atoms with Crippen LogP contribution in [-0.4, -0.2) is 17.8 Å². The van der Waals surface area contributed by atoms with E-state index < -0.39 is 6.10 Å². The van der Waals surface area contributed by atoms with Crippen LogP contribution in [0.25, 0.3) is 0 Å². The molecule has 4 heteroatoms. The molecule has 0 spiro atoms. The minimum Gasteiger partial charge on any atom is -0.489 e. The standard InChI is InChI=1S/C11H16ClNO2/c1-7(2)15-11-4-3-8(5-9(11)12)10(14)6-13/h3-5,7,10,14H,6,13H2,1-2H3. The molecule has 3 N–H and O–H groups in total. The summed E-state index contributed by atoms with van der Waals surface area (Å²) in [5, 5.41) is 10.00. The quantitative estimate of drug-likeness (QED) is 0.832. The van der Waals surface area contributed by atoms with Gasteiger partial charge < -0.3 is 15.6 Å². The van der Waals surface area contributed by atoms with Crippen molar-refractivity contribution >= 4 is 11.6 Å². The van der Waals surface area contributed by atoms with E-state index >= 15 is 0 Å². The molecular weight excluding hydrogens is 214 g/mol. The fraction of sp³-hybridized carbons (Fsp3) is 0.455. The zero-order valence-corrected chi connectivity index (χ0v) is 9.66. The summed E-state index contributed by atoms with van der Waals surface area (Å²) < 4.78 is 5.47. The largest absolute Gasteiger partial charge is 0.489 e. The Bertz CT molecular complexity index is 328. The number of rotatable bonds is 4. The Balaban J connectivity index is 2.88. The zero-order chi connectivity index (χ0) is 11.4. The van der Waals surface area contributed by atoms with Crippen LogP contribution in [0.3, 0.4) is 0 Å². The topological polar surface area (TPSA) is 55.5 Å². The van der Waals surface area contributed by atoms with Gasteiger partial charge in [-0.15, -0.1) is 0 Å². The second-order valence-electron chi connectivity index (χ2n) is 3.61. The maximum absolute atomic E-state index is 9.50. The fourth-order valence-corrected chi connectivity index (χ4v) is 1.44. The monoisotopic (exact) mass is 229 g/mol. The zero-order valence-electron chi connectivity index (χ0n) is 8.90. The van der Waals surface area contributed by atoms with Crippen LogP contribution in [-0.2, 0) is 0 Å². The van der Waals surface area contributed by atoms with E-state index in [1.54, 1.807) is 18.2 Å². The lowest BCUT2D eigenvalue weighted by Gasteiger charge is -2.14. The third kappa shape index (κ3) is 3.38. The van der Waals surface area contributed by atoms with E-state index in [4.69, 9.17) is 22.1 Å². The van der Waals surface area contributed by atoms with Gasteiger partial charge in [-0.3, -0.25) is 0 Å². The van der Waals surface area contributed by atoms with Crippen molar-refractivity contribution in [2.24, 2.45) is 5.73 Å². The van der Waals surface area contributed by atoms with Crippen LogP contribution in [0.5, 0.6) is 5.75 Å². The Hall–Kier alpha value is -0.770. The average molecular weight is 230 g/mol.